The van der Waals surface area contributed by atoms with E-state index in [2.05, 4.69) is 17.9 Å². The highest BCUT2D eigenvalue weighted by Crippen LogP contribution is 2.19. The standard InChI is InChI=1S/C17H14N2OS/c20-17(18-15-5-1-2-6-16(15)21)13-7-9-14(10-8-13)19-11-3-4-12-19/h1-12,21H,(H,18,20). The maximum absolute atomic E-state index is 12.2. The lowest BCUT2D eigenvalue weighted by Crippen LogP contribution is -2.12. The number of para-hydroxylation sites is 1. The van der Waals surface area contributed by atoms with Crippen LogP contribution < -0.4 is 5.32 Å². The lowest BCUT2D eigenvalue weighted by Gasteiger charge is -2.08. The fourth-order valence-electron chi connectivity index (χ4n) is 2.07. The third kappa shape index (κ3) is 3.01. The predicted molar refractivity (Wildman–Crippen MR) is 87.4 cm³/mol. The van der Waals surface area contributed by atoms with E-state index < -0.39 is 0 Å². The third-order valence-electron chi connectivity index (χ3n) is 3.18. The Bertz CT molecular complexity index is 749. The van der Waals surface area contributed by atoms with Crippen LogP contribution in [0.5, 0.6) is 0 Å². The van der Waals surface area contributed by atoms with Crippen LogP contribution in [0, 0.1) is 0 Å². The van der Waals surface area contributed by atoms with Crippen molar-refractivity contribution < 1.29 is 4.79 Å². The molecule has 0 bridgehead atoms. The number of aromatic nitrogens is 1. The number of thiol groups is 1. The van der Waals surface area contributed by atoms with E-state index in [9.17, 15) is 4.79 Å². The molecule has 0 aliphatic heterocycles. The molecule has 1 N–H and O–H groups in total. The molecule has 21 heavy (non-hydrogen) atoms. The number of nitrogens with one attached hydrogen (secondary N) is 1. The lowest BCUT2D eigenvalue weighted by atomic mass is 10.2. The van der Waals surface area contributed by atoms with E-state index in [0.29, 0.717) is 11.3 Å². The van der Waals surface area contributed by atoms with Crippen LogP contribution in [-0.2, 0) is 0 Å². The molecule has 0 saturated heterocycles. The Labute approximate surface area is 128 Å². The Morgan fingerprint density at radius 3 is 2.24 bits per heavy atom. The largest absolute Gasteiger partial charge is 0.324 e. The summed E-state index contributed by atoms with van der Waals surface area (Å²) in [4.78, 5) is 13.0. The topological polar surface area (TPSA) is 34.0 Å². The van der Waals surface area contributed by atoms with Gasteiger partial charge in [0.05, 0.1) is 5.69 Å². The van der Waals surface area contributed by atoms with Crippen molar-refractivity contribution in [1.82, 2.24) is 4.57 Å². The first kappa shape index (κ1) is 13.5. The van der Waals surface area contributed by atoms with Gasteiger partial charge in [-0.15, -0.1) is 12.6 Å². The number of benzene rings is 2. The SMILES string of the molecule is O=C(Nc1ccccc1S)c1ccc(-n2cccc2)cc1. The van der Waals surface area contributed by atoms with E-state index in [1.165, 1.54) is 0 Å². The average molecular weight is 294 g/mol. The molecule has 104 valence electrons. The van der Waals surface area contributed by atoms with Gasteiger partial charge in [-0.1, -0.05) is 12.1 Å². The van der Waals surface area contributed by atoms with Crippen molar-refractivity contribution in [2.24, 2.45) is 0 Å². The summed E-state index contributed by atoms with van der Waals surface area (Å²) in [6.07, 6.45) is 3.93. The highest BCUT2D eigenvalue weighted by Gasteiger charge is 2.07. The smallest absolute Gasteiger partial charge is 0.255 e. The van der Waals surface area contributed by atoms with Crippen molar-refractivity contribution in [3.05, 3.63) is 78.6 Å². The summed E-state index contributed by atoms with van der Waals surface area (Å²) in [6.45, 7) is 0. The van der Waals surface area contributed by atoms with E-state index >= 15 is 0 Å². The molecule has 3 aromatic rings. The van der Waals surface area contributed by atoms with Crippen LogP contribution in [0.2, 0.25) is 0 Å². The van der Waals surface area contributed by atoms with Gasteiger partial charge < -0.3 is 9.88 Å². The molecule has 0 aliphatic carbocycles. The quantitative estimate of drug-likeness (QED) is 0.703. The molecule has 1 aromatic heterocycles. The molecule has 3 rings (SSSR count). The van der Waals surface area contributed by atoms with Crippen LogP contribution in [0.3, 0.4) is 0 Å². The number of rotatable bonds is 3. The fraction of sp³-hybridized carbons (Fsp3) is 0. The summed E-state index contributed by atoms with van der Waals surface area (Å²) in [5.41, 5.74) is 2.34. The van der Waals surface area contributed by atoms with Gasteiger partial charge in [-0.2, -0.15) is 0 Å². The first-order valence-corrected chi connectivity index (χ1v) is 7.01. The second-order valence-electron chi connectivity index (χ2n) is 4.61. The lowest BCUT2D eigenvalue weighted by molar-refractivity contribution is 0.102. The summed E-state index contributed by atoms with van der Waals surface area (Å²) in [5, 5.41) is 2.86. The van der Waals surface area contributed by atoms with Crippen LogP contribution in [-0.4, -0.2) is 10.5 Å². The molecule has 3 nitrogen and oxygen atoms in total. The maximum atomic E-state index is 12.2. The molecule has 1 amide bonds. The Balaban J connectivity index is 1.78. The Kier molecular flexibility index (Phi) is 3.79. The van der Waals surface area contributed by atoms with Crippen LogP contribution in [0.1, 0.15) is 10.4 Å². The molecule has 1 heterocycles. The van der Waals surface area contributed by atoms with Crippen LogP contribution in [0.15, 0.2) is 78.0 Å². The molecule has 0 radical (unpaired) electrons. The summed E-state index contributed by atoms with van der Waals surface area (Å²) in [6, 6.07) is 18.8. The number of amides is 1. The minimum Gasteiger partial charge on any atom is -0.324 e. The van der Waals surface area contributed by atoms with Gasteiger partial charge in [-0.3, -0.25) is 4.79 Å². The number of hydrogen-bond donors (Lipinski definition) is 2. The number of nitrogens with zero attached hydrogens (tertiary/aromatic N) is 1. The number of hydrogen-bond acceptors (Lipinski definition) is 2. The van der Waals surface area contributed by atoms with E-state index in [1.54, 1.807) is 0 Å². The van der Waals surface area contributed by atoms with Crippen LogP contribution in [0.4, 0.5) is 5.69 Å². The Morgan fingerprint density at radius 2 is 1.57 bits per heavy atom. The van der Waals surface area contributed by atoms with Gasteiger partial charge in [0.1, 0.15) is 0 Å². The molecule has 0 atom stereocenters. The second-order valence-corrected chi connectivity index (χ2v) is 5.09. The van der Waals surface area contributed by atoms with E-state index in [1.807, 2.05) is 77.6 Å². The second kappa shape index (κ2) is 5.89. The summed E-state index contributed by atoms with van der Waals surface area (Å²) in [7, 11) is 0. The van der Waals surface area contributed by atoms with Crippen molar-refractivity contribution in [1.29, 1.82) is 0 Å². The molecule has 0 fully saturated rings. The molecule has 4 heteroatoms. The van der Waals surface area contributed by atoms with E-state index in [-0.39, 0.29) is 5.91 Å². The van der Waals surface area contributed by atoms with Gasteiger partial charge in [0, 0.05) is 28.5 Å². The van der Waals surface area contributed by atoms with Crippen molar-refractivity contribution >= 4 is 24.2 Å². The molecule has 0 saturated carbocycles. The van der Waals surface area contributed by atoms with Gasteiger partial charge in [0.2, 0.25) is 0 Å². The average Bonchev–Trinajstić information content (AvgIpc) is 3.04. The summed E-state index contributed by atoms with van der Waals surface area (Å²) < 4.78 is 1.99. The highest BCUT2D eigenvalue weighted by atomic mass is 32.1. The van der Waals surface area contributed by atoms with Crippen molar-refractivity contribution in [3.63, 3.8) is 0 Å². The molecule has 2 aromatic carbocycles. The van der Waals surface area contributed by atoms with Gasteiger partial charge in [0.15, 0.2) is 0 Å². The first-order chi connectivity index (χ1) is 10.2. The Hall–Kier alpha value is -2.46. The van der Waals surface area contributed by atoms with Gasteiger partial charge in [-0.25, -0.2) is 0 Å². The zero-order valence-electron chi connectivity index (χ0n) is 11.2. The predicted octanol–water partition coefficient (Wildman–Crippen LogP) is 4.02. The highest BCUT2D eigenvalue weighted by molar-refractivity contribution is 7.80. The van der Waals surface area contributed by atoms with Crippen molar-refractivity contribution in [3.8, 4) is 5.69 Å². The zero-order chi connectivity index (χ0) is 14.7. The molecule has 0 unspecified atom stereocenters. The number of carbonyl (C=O) groups excluding carboxylic acids is 1. The summed E-state index contributed by atoms with van der Waals surface area (Å²) >= 11 is 4.32. The number of anilines is 1. The summed E-state index contributed by atoms with van der Waals surface area (Å²) in [5.74, 6) is -0.143. The van der Waals surface area contributed by atoms with Crippen LogP contribution in [0.25, 0.3) is 5.69 Å². The van der Waals surface area contributed by atoms with Gasteiger partial charge >= 0.3 is 0 Å². The molecular weight excluding hydrogens is 280 g/mol. The van der Waals surface area contributed by atoms with Crippen molar-refractivity contribution in [2.75, 3.05) is 5.32 Å². The van der Waals surface area contributed by atoms with Gasteiger partial charge in [-0.05, 0) is 48.5 Å². The number of carbonyl (C=O) groups is 1. The zero-order valence-corrected chi connectivity index (χ0v) is 12.1. The Morgan fingerprint density at radius 1 is 0.905 bits per heavy atom. The normalized spacial score (nSPS) is 10.3. The fourth-order valence-corrected chi connectivity index (χ4v) is 2.28. The minimum absolute atomic E-state index is 0.143. The van der Waals surface area contributed by atoms with E-state index in [4.69, 9.17) is 0 Å². The molecule has 0 aliphatic rings. The van der Waals surface area contributed by atoms with Crippen LogP contribution >= 0.6 is 12.6 Å². The van der Waals surface area contributed by atoms with E-state index in [0.717, 1.165) is 10.6 Å². The third-order valence-corrected chi connectivity index (χ3v) is 3.57. The molecule has 0 spiro atoms. The van der Waals surface area contributed by atoms with Crippen molar-refractivity contribution in [2.45, 2.75) is 4.90 Å². The maximum Gasteiger partial charge on any atom is 0.255 e. The monoisotopic (exact) mass is 294 g/mol. The molecular formula is C17H14N2OS. The van der Waals surface area contributed by atoms with Gasteiger partial charge in [0.25, 0.3) is 5.91 Å². The first-order valence-electron chi connectivity index (χ1n) is 6.57. The minimum atomic E-state index is -0.143.